The Labute approximate surface area is 198 Å². The highest BCUT2D eigenvalue weighted by Gasteiger charge is 2.18. The van der Waals surface area contributed by atoms with Crippen LogP contribution in [-0.4, -0.2) is 29.1 Å². The van der Waals surface area contributed by atoms with Crippen LogP contribution in [-0.2, 0) is 13.0 Å². The number of hydrogen-bond acceptors (Lipinski definition) is 2. The van der Waals surface area contributed by atoms with E-state index < -0.39 is 0 Å². The maximum Gasteiger partial charge on any atom is 0.0491 e. The van der Waals surface area contributed by atoms with Gasteiger partial charge in [0.15, 0.2) is 0 Å². The first-order chi connectivity index (χ1) is 16.3. The fraction of sp³-hybridized carbons (Fsp3) is 0.400. The Morgan fingerprint density at radius 1 is 0.697 bits per heavy atom. The third-order valence-corrected chi connectivity index (χ3v) is 7.55. The molecule has 0 bridgehead atoms. The van der Waals surface area contributed by atoms with Crippen LogP contribution in [0.15, 0.2) is 72.8 Å². The van der Waals surface area contributed by atoms with Gasteiger partial charge < -0.3 is 15.2 Å². The molecule has 33 heavy (non-hydrogen) atoms. The Bertz CT molecular complexity index is 1110. The number of likely N-dealkylation sites (tertiary alicyclic amines) is 1. The molecule has 0 radical (unpaired) electrons. The zero-order valence-corrected chi connectivity index (χ0v) is 19.8. The third kappa shape index (κ3) is 5.25. The third-order valence-electron chi connectivity index (χ3n) is 7.55. The molecule has 4 aromatic rings. The second-order valence-corrected chi connectivity index (χ2v) is 9.81. The Morgan fingerprint density at radius 2 is 1.30 bits per heavy atom. The molecular weight excluding hydrogens is 402 g/mol. The number of nitrogens with two attached hydrogens (primary N) is 1. The highest BCUT2D eigenvalue weighted by Crippen LogP contribution is 2.29. The maximum atomic E-state index is 5.79. The second-order valence-electron chi connectivity index (χ2n) is 9.81. The summed E-state index contributed by atoms with van der Waals surface area (Å²) >= 11 is 0. The van der Waals surface area contributed by atoms with E-state index in [1.807, 2.05) is 12.1 Å². The fourth-order valence-corrected chi connectivity index (χ4v) is 5.63. The van der Waals surface area contributed by atoms with Crippen molar-refractivity contribution in [2.24, 2.45) is 5.92 Å². The molecule has 0 saturated carbocycles. The van der Waals surface area contributed by atoms with Gasteiger partial charge in [-0.3, -0.25) is 0 Å². The number of unbranched alkanes of at least 4 members (excludes halogenated alkanes) is 1. The molecule has 5 rings (SSSR count). The smallest absolute Gasteiger partial charge is 0.0491 e. The number of hydrogen-bond donors (Lipinski definition) is 1. The summed E-state index contributed by atoms with van der Waals surface area (Å²) < 4.78 is 2.53. The summed E-state index contributed by atoms with van der Waals surface area (Å²) in [5.74, 6) is 0.910. The minimum Gasteiger partial charge on any atom is -0.399 e. The molecule has 0 unspecified atom stereocenters. The van der Waals surface area contributed by atoms with E-state index in [1.54, 1.807) is 0 Å². The lowest BCUT2D eigenvalue weighted by atomic mass is 9.90. The van der Waals surface area contributed by atoms with Crippen LogP contribution in [0.25, 0.3) is 21.8 Å². The predicted molar refractivity (Wildman–Crippen MR) is 142 cm³/mol. The minimum absolute atomic E-state index is 0.862. The van der Waals surface area contributed by atoms with Gasteiger partial charge in [-0.1, -0.05) is 55.0 Å². The van der Waals surface area contributed by atoms with Crippen LogP contribution in [0.4, 0.5) is 5.69 Å². The lowest BCUT2D eigenvalue weighted by Gasteiger charge is -2.32. The van der Waals surface area contributed by atoms with Crippen LogP contribution < -0.4 is 5.73 Å². The standard InChI is InChI=1S/C30H37N3/c31-26-16-14-24(15-17-26)8-7-9-25-18-22-32(23-19-25)20-5-6-21-33-29-12-3-1-10-27(29)28-11-2-4-13-30(28)33/h1-4,10-17,25H,5-9,18-23,31H2. The molecule has 2 N–H and O–H groups in total. The quantitative estimate of drug-likeness (QED) is 0.227. The van der Waals surface area contributed by atoms with E-state index in [1.165, 1.54) is 91.9 Å². The van der Waals surface area contributed by atoms with Crippen molar-refractivity contribution >= 4 is 27.5 Å². The molecule has 1 aliphatic heterocycles. The Balaban J connectivity index is 1.04. The lowest BCUT2D eigenvalue weighted by Crippen LogP contribution is -2.34. The molecule has 1 saturated heterocycles. The zero-order chi connectivity index (χ0) is 22.5. The molecule has 0 spiro atoms. The molecule has 3 aromatic carbocycles. The molecule has 1 aliphatic rings. The van der Waals surface area contributed by atoms with Gasteiger partial charge >= 0.3 is 0 Å². The van der Waals surface area contributed by atoms with E-state index in [2.05, 4.69) is 70.1 Å². The van der Waals surface area contributed by atoms with Crippen molar-refractivity contribution in [1.82, 2.24) is 9.47 Å². The summed E-state index contributed by atoms with van der Waals surface area (Å²) in [6.07, 6.45) is 9.11. The minimum atomic E-state index is 0.862. The van der Waals surface area contributed by atoms with Gasteiger partial charge in [0, 0.05) is 34.0 Å². The molecule has 1 aromatic heterocycles. The van der Waals surface area contributed by atoms with Crippen LogP contribution >= 0.6 is 0 Å². The number of para-hydroxylation sites is 2. The van der Waals surface area contributed by atoms with Gasteiger partial charge in [0.05, 0.1) is 0 Å². The number of aryl methyl sites for hydroxylation is 2. The number of piperidine rings is 1. The molecule has 0 atom stereocenters. The largest absolute Gasteiger partial charge is 0.399 e. The highest BCUT2D eigenvalue weighted by molar-refractivity contribution is 6.07. The Morgan fingerprint density at radius 3 is 1.97 bits per heavy atom. The predicted octanol–water partition coefficient (Wildman–Crippen LogP) is 6.89. The molecule has 3 heteroatoms. The second kappa shape index (κ2) is 10.4. The van der Waals surface area contributed by atoms with Crippen LogP contribution in [0.3, 0.4) is 0 Å². The van der Waals surface area contributed by atoms with Crippen LogP contribution in [0.5, 0.6) is 0 Å². The van der Waals surface area contributed by atoms with Crippen molar-refractivity contribution in [1.29, 1.82) is 0 Å². The van der Waals surface area contributed by atoms with Gasteiger partial charge in [-0.15, -0.1) is 0 Å². The normalized spacial score (nSPS) is 15.5. The van der Waals surface area contributed by atoms with Gasteiger partial charge in [-0.2, -0.15) is 0 Å². The van der Waals surface area contributed by atoms with Gasteiger partial charge in [0.1, 0.15) is 0 Å². The van der Waals surface area contributed by atoms with Crippen LogP contribution in [0.1, 0.15) is 44.1 Å². The molecule has 0 aliphatic carbocycles. The van der Waals surface area contributed by atoms with Crippen molar-refractivity contribution < 1.29 is 0 Å². The Hall–Kier alpha value is -2.78. The molecule has 0 amide bonds. The summed E-state index contributed by atoms with van der Waals surface area (Å²) in [6.45, 7) is 4.91. The average Bonchev–Trinajstić information content (AvgIpc) is 3.18. The van der Waals surface area contributed by atoms with Crippen LogP contribution in [0, 0.1) is 5.92 Å². The van der Waals surface area contributed by atoms with E-state index in [9.17, 15) is 0 Å². The van der Waals surface area contributed by atoms with Crippen molar-refractivity contribution in [2.75, 3.05) is 25.4 Å². The molecular formula is C30H37N3. The SMILES string of the molecule is Nc1ccc(CCCC2CCN(CCCCn3c4ccccc4c4ccccc43)CC2)cc1. The van der Waals surface area contributed by atoms with Gasteiger partial charge in [-0.05, 0) is 93.9 Å². The fourth-order valence-electron chi connectivity index (χ4n) is 5.63. The first kappa shape index (κ1) is 22.0. The number of nitrogens with zero attached hydrogens (tertiary/aromatic N) is 2. The zero-order valence-electron chi connectivity index (χ0n) is 19.8. The van der Waals surface area contributed by atoms with E-state index in [0.29, 0.717) is 0 Å². The van der Waals surface area contributed by atoms with E-state index >= 15 is 0 Å². The molecule has 3 nitrogen and oxygen atoms in total. The van der Waals surface area contributed by atoms with Gasteiger partial charge in [0.2, 0.25) is 0 Å². The highest BCUT2D eigenvalue weighted by atomic mass is 15.1. The summed E-state index contributed by atoms with van der Waals surface area (Å²) in [4.78, 5) is 2.70. The summed E-state index contributed by atoms with van der Waals surface area (Å²) in [5.41, 5.74) is 10.8. The Kier molecular flexibility index (Phi) is 6.97. The van der Waals surface area contributed by atoms with Crippen molar-refractivity contribution in [3.63, 3.8) is 0 Å². The first-order valence-corrected chi connectivity index (χ1v) is 12.8. The number of nitrogen functional groups attached to an aromatic ring is 1. The maximum absolute atomic E-state index is 5.79. The van der Waals surface area contributed by atoms with Gasteiger partial charge in [-0.25, -0.2) is 0 Å². The average molecular weight is 440 g/mol. The lowest BCUT2D eigenvalue weighted by molar-refractivity contribution is 0.174. The van der Waals surface area contributed by atoms with Crippen molar-refractivity contribution in [3.8, 4) is 0 Å². The number of fused-ring (bicyclic) bond motifs is 3. The molecule has 1 fully saturated rings. The van der Waals surface area contributed by atoms with E-state index in [-0.39, 0.29) is 0 Å². The van der Waals surface area contributed by atoms with E-state index in [4.69, 9.17) is 5.73 Å². The summed E-state index contributed by atoms with van der Waals surface area (Å²) in [5, 5.41) is 2.76. The van der Waals surface area contributed by atoms with Crippen molar-refractivity contribution in [2.45, 2.75) is 51.5 Å². The number of benzene rings is 3. The van der Waals surface area contributed by atoms with Crippen molar-refractivity contribution in [3.05, 3.63) is 78.4 Å². The summed E-state index contributed by atoms with van der Waals surface area (Å²) in [7, 11) is 0. The molecule has 2 heterocycles. The number of rotatable bonds is 9. The monoisotopic (exact) mass is 439 g/mol. The number of aromatic nitrogens is 1. The first-order valence-electron chi connectivity index (χ1n) is 12.8. The van der Waals surface area contributed by atoms with Crippen LogP contribution in [0.2, 0.25) is 0 Å². The van der Waals surface area contributed by atoms with E-state index in [0.717, 1.165) is 18.2 Å². The summed E-state index contributed by atoms with van der Waals surface area (Å²) in [6, 6.07) is 26.1. The van der Waals surface area contributed by atoms with Gasteiger partial charge in [0.25, 0.3) is 0 Å². The molecule has 172 valence electrons. The topological polar surface area (TPSA) is 34.2 Å². The number of anilines is 1.